The summed E-state index contributed by atoms with van der Waals surface area (Å²) in [5.41, 5.74) is 1.35. The quantitative estimate of drug-likeness (QED) is 0.731. The summed E-state index contributed by atoms with van der Waals surface area (Å²) in [6.45, 7) is 3.13. The van der Waals surface area contributed by atoms with Crippen LogP contribution in [0.1, 0.15) is 43.1 Å². The number of nitrogens with zero attached hydrogens (tertiary/aromatic N) is 2. The third-order valence-corrected chi connectivity index (χ3v) is 3.46. The lowest BCUT2D eigenvalue weighted by Crippen LogP contribution is -2.27. The number of fused-ring (bicyclic) bond motifs is 1. The number of imidazole rings is 1. The van der Waals surface area contributed by atoms with Crippen molar-refractivity contribution in [2.45, 2.75) is 44.7 Å². The Balaban J connectivity index is 1.87. The maximum Gasteiger partial charge on any atom is 0.123 e. The molecule has 1 aliphatic heterocycles. The van der Waals surface area contributed by atoms with Gasteiger partial charge in [-0.15, -0.1) is 0 Å². The Hall–Kier alpha value is -0.830. The zero-order valence-corrected chi connectivity index (χ0v) is 8.50. The molecule has 2 aliphatic rings. The van der Waals surface area contributed by atoms with Crippen LogP contribution in [0.15, 0.2) is 6.20 Å². The number of rotatable bonds is 1. The van der Waals surface area contributed by atoms with Gasteiger partial charge in [0.1, 0.15) is 5.82 Å². The third-order valence-electron chi connectivity index (χ3n) is 3.46. The van der Waals surface area contributed by atoms with E-state index in [9.17, 15) is 0 Å². The van der Waals surface area contributed by atoms with E-state index in [1.807, 2.05) is 0 Å². The Morgan fingerprint density at radius 3 is 3.00 bits per heavy atom. The maximum absolute atomic E-state index is 4.73. The Morgan fingerprint density at radius 1 is 1.36 bits per heavy atom. The second-order valence-electron chi connectivity index (χ2n) is 4.43. The molecule has 0 aromatic carbocycles. The highest BCUT2D eigenvalue weighted by Gasteiger charge is 2.21. The van der Waals surface area contributed by atoms with Crippen molar-refractivity contribution in [3.63, 3.8) is 0 Å². The highest BCUT2D eigenvalue weighted by Crippen LogP contribution is 2.33. The lowest BCUT2D eigenvalue weighted by Gasteiger charge is -2.13. The summed E-state index contributed by atoms with van der Waals surface area (Å²) in [6, 6.07) is 0. The molecule has 1 aromatic rings. The first-order valence-corrected chi connectivity index (χ1v) is 5.70. The minimum Gasteiger partial charge on any atom is -0.332 e. The largest absolute Gasteiger partial charge is 0.332 e. The maximum atomic E-state index is 4.73. The fraction of sp³-hybridized carbons (Fsp3) is 0.727. The Kier molecular flexibility index (Phi) is 2.05. The molecule has 0 saturated heterocycles. The van der Waals surface area contributed by atoms with E-state index in [-0.39, 0.29) is 0 Å². The molecular weight excluding hydrogens is 174 g/mol. The fourth-order valence-electron chi connectivity index (χ4n) is 2.63. The standard InChI is InChI=1S/C11H17N3/c1-2-4-9(3-1)10-8-14-6-5-12-7-11(14)13-10/h8-9,12H,1-7H2. The molecule has 0 radical (unpaired) electrons. The topological polar surface area (TPSA) is 29.9 Å². The molecular formula is C11H17N3. The Bertz CT molecular complexity index is 300. The zero-order chi connectivity index (χ0) is 9.38. The molecule has 0 spiro atoms. The molecule has 1 aliphatic carbocycles. The van der Waals surface area contributed by atoms with Crippen molar-refractivity contribution in [2.24, 2.45) is 0 Å². The van der Waals surface area contributed by atoms with E-state index in [1.165, 1.54) is 37.2 Å². The first-order chi connectivity index (χ1) is 6.93. The summed E-state index contributed by atoms with van der Waals surface area (Å²) in [6.07, 6.45) is 7.77. The first-order valence-electron chi connectivity index (χ1n) is 5.70. The average molecular weight is 191 g/mol. The van der Waals surface area contributed by atoms with E-state index in [0.29, 0.717) is 0 Å². The molecule has 1 aromatic heterocycles. The summed E-state index contributed by atoms with van der Waals surface area (Å²) in [7, 11) is 0. The minimum atomic E-state index is 0.757. The van der Waals surface area contributed by atoms with Crippen LogP contribution in [0.25, 0.3) is 0 Å². The molecule has 3 heteroatoms. The number of hydrogen-bond donors (Lipinski definition) is 1. The monoisotopic (exact) mass is 191 g/mol. The van der Waals surface area contributed by atoms with Gasteiger partial charge >= 0.3 is 0 Å². The normalized spacial score (nSPS) is 22.6. The Labute approximate surface area is 84.5 Å². The van der Waals surface area contributed by atoms with Crippen molar-refractivity contribution in [1.29, 1.82) is 0 Å². The summed E-state index contributed by atoms with van der Waals surface area (Å²) in [5, 5.41) is 3.36. The Morgan fingerprint density at radius 2 is 2.21 bits per heavy atom. The molecule has 0 amide bonds. The number of nitrogens with one attached hydrogen (secondary N) is 1. The lowest BCUT2D eigenvalue weighted by molar-refractivity contribution is 0.505. The predicted molar refractivity (Wildman–Crippen MR) is 55.1 cm³/mol. The smallest absolute Gasteiger partial charge is 0.123 e. The van der Waals surface area contributed by atoms with E-state index in [0.717, 1.165) is 25.6 Å². The lowest BCUT2D eigenvalue weighted by atomic mass is 10.1. The summed E-state index contributed by atoms with van der Waals surface area (Å²) in [5.74, 6) is 1.99. The number of aromatic nitrogens is 2. The van der Waals surface area contributed by atoms with Gasteiger partial charge in [0.2, 0.25) is 0 Å². The third kappa shape index (κ3) is 1.36. The van der Waals surface area contributed by atoms with E-state index >= 15 is 0 Å². The SMILES string of the molecule is c1c(C2CCCC2)nc2n1CCNC2. The molecule has 0 bridgehead atoms. The summed E-state index contributed by atoms with van der Waals surface area (Å²) >= 11 is 0. The summed E-state index contributed by atoms with van der Waals surface area (Å²) in [4.78, 5) is 4.73. The molecule has 3 rings (SSSR count). The molecule has 3 nitrogen and oxygen atoms in total. The van der Waals surface area contributed by atoms with Crippen LogP contribution >= 0.6 is 0 Å². The van der Waals surface area contributed by atoms with Gasteiger partial charge in [-0.1, -0.05) is 12.8 Å². The second-order valence-corrected chi connectivity index (χ2v) is 4.43. The van der Waals surface area contributed by atoms with Crippen LogP contribution in [-0.4, -0.2) is 16.1 Å². The average Bonchev–Trinajstić information content (AvgIpc) is 2.86. The minimum absolute atomic E-state index is 0.757. The van der Waals surface area contributed by atoms with Crippen molar-refractivity contribution in [3.05, 3.63) is 17.7 Å². The molecule has 0 unspecified atom stereocenters. The van der Waals surface area contributed by atoms with Crippen LogP contribution < -0.4 is 5.32 Å². The van der Waals surface area contributed by atoms with Crippen LogP contribution in [0.3, 0.4) is 0 Å². The molecule has 14 heavy (non-hydrogen) atoms. The van der Waals surface area contributed by atoms with Gasteiger partial charge in [0.25, 0.3) is 0 Å². The van der Waals surface area contributed by atoms with Gasteiger partial charge in [-0.25, -0.2) is 4.98 Å². The van der Waals surface area contributed by atoms with Gasteiger partial charge in [0, 0.05) is 25.2 Å². The van der Waals surface area contributed by atoms with Crippen molar-refractivity contribution in [1.82, 2.24) is 14.9 Å². The van der Waals surface area contributed by atoms with Crippen LogP contribution in [-0.2, 0) is 13.1 Å². The predicted octanol–water partition coefficient (Wildman–Crippen LogP) is 1.64. The molecule has 1 fully saturated rings. The van der Waals surface area contributed by atoms with Crippen molar-refractivity contribution in [2.75, 3.05) is 6.54 Å². The molecule has 1 saturated carbocycles. The van der Waals surface area contributed by atoms with E-state index in [4.69, 9.17) is 4.98 Å². The molecule has 1 N–H and O–H groups in total. The van der Waals surface area contributed by atoms with Gasteiger partial charge in [0.15, 0.2) is 0 Å². The van der Waals surface area contributed by atoms with Crippen LogP contribution in [0.4, 0.5) is 0 Å². The molecule has 76 valence electrons. The summed E-state index contributed by atoms with van der Waals surface area (Å²) < 4.78 is 2.32. The van der Waals surface area contributed by atoms with E-state index in [2.05, 4.69) is 16.1 Å². The molecule has 2 heterocycles. The van der Waals surface area contributed by atoms with Crippen molar-refractivity contribution < 1.29 is 0 Å². The van der Waals surface area contributed by atoms with Gasteiger partial charge < -0.3 is 9.88 Å². The van der Waals surface area contributed by atoms with Crippen molar-refractivity contribution in [3.8, 4) is 0 Å². The van der Waals surface area contributed by atoms with E-state index < -0.39 is 0 Å². The second kappa shape index (κ2) is 3.39. The van der Waals surface area contributed by atoms with Crippen LogP contribution in [0, 0.1) is 0 Å². The number of hydrogen-bond acceptors (Lipinski definition) is 2. The van der Waals surface area contributed by atoms with E-state index in [1.54, 1.807) is 0 Å². The van der Waals surface area contributed by atoms with Gasteiger partial charge in [-0.3, -0.25) is 0 Å². The highest BCUT2D eigenvalue weighted by molar-refractivity contribution is 5.12. The van der Waals surface area contributed by atoms with Gasteiger partial charge in [-0.2, -0.15) is 0 Å². The highest BCUT2D eigenvalue weighted by atomic mass is 15.1. The van der Waals surface area contributed by atoms with Crippen LogP contribution in [0.2, 0.25) is 0 Å². The first kappa shape index (κ1) is 8.48. The fourth-order valence-corrected chi connectivity index (χ4v) is 2.63. The van der Waals surface area contributed by atoms with Gasteiger partial charge in [-0.05, 0) is 12.8 Å². The zero-order valence-electron chi connectivity index (χ0n) is 8.50. The van der Waals surface area contributed by atoms with Crippen LogP contribution in [0.5, 0.6) is 0 Å². The molecule has 0 atom stereocenters. The van der Waals surface area contributed by atoms with Gasteiger partial charge in [0.05, 0.1) is 12.2 Å². The van der Waals surface area contributed by atoms with Crippen molar-refractivity contribution >= 4 is 0 Å².